The lowest BCUT2D eigenvalue weighted by atomic mass is 9.80. The number of ether oxygens (including phenoxy) is 1. The van der Waals surface area contributed by atoms with Crippen molar-refractivity contribution in [2.45, 2.75) is 32.1 Å². The van der Waals surface area contributed by atoms with E-state index in [1.807, 2.05) is 13.8 Å². The van der Waals surface area contributed by atoms with Crippen molar-refractivity contribution in [3.63, 3.8) is 0 Å². The Morgan fingerprint density at radius 3 is 2.49 bits per heavy atom. The monoisotopic (exact) mass is 533 g/mol. The van der Waals surface area contributed by atoms with Crippen LogP contribution in [-0.2, 0) is 11.8 Å². The van der Waals surface area contributed by atoms with Crippen molar-refractivity contribution >= 4 is 16.9 Å². The Morgan fingerprint density at radius 1 is 1.10 bits per heavy atom. The number of aryl methyl sites for hydroxylation is 1. The van der Waals surface area contributed by atoms with E-state index in [-0.39, 0.29) is 17.1 Å². The van der Waals surface area contributed by atoms with E-state index in [0.717, 1.165) is 6.07 Å². The van der Waals surface area contributed by atoms with Crippen LogP contribution in [0.15, 0.2) is 65.5 Å². The molecule has 3 aromatic carbocycles. The highest BCUT2D eigenvalue weighted by atomic mass is 19.1. The topological polar surface area (TPSA) is 111 Å². The van der Waals surface area contributed by atoms with E-state index < -0.39 is 23.0 Å². The van der Waals surface area contributed by atoms with Crippen LogP contribution in [0.1, 0.15) is 42.1 Å². The van der Waals surface area contributed by atoms with Crippen LogP contribution in [0.4, 0.5) is 8.78 Å². The Morgan fingerprint density at radius 2 is 1.85 bits per heavy atom. The highest BCUT2D eigenvalue weighted by Gasteiger charge is 2.33. The van der Waals surface area contributed by atoms with Crippen molar-refractivity contribution in [3.8, 4) is 28.3 Å². The van der Waals surface area contributed by atoms with Crippen LogP contribution < -0.4 is 4.74 Å². The predicted octanol–water partition coefficient (Wildman–Crippen LogP) is 6.28. The zero-order chi connectivity index (χ0) is 27.9. The van der Waals surface area contributed by atoms with Crippen molar-refractivity contribution < 1.29 is 33.0 Å². The number of fused-ring (bicyclic) bond motifs is 1. The smallest absolute Gasteiger partial charge is 0.335 e. The van der Waals surface area contributed by atoms with Crippen LogP contribution in [0, 0.1) is 11.6 Å². The molecule has 39 heavy (non-hydrogen) atoms. The predicted molar refractivity (Wildman–Crippen MR) is 139 cm³/mol. The third kappa shape index (κ3) is 4.69. The van der Waals surface area contributed by atoms with E-state index in [1.54, 1.807) is 22.8 Å². The van der Waals surface area contributed by atoms with Gasteiger partial charge in [-0.1, -0.05) is 31.1 Å². The van der Waals surface area contributed by atoms with Gasteiger partial charge in [0.25, 0.3) is 0 Å². The highest BCUT2D eigenvalue weighted by molar-refractivity contribution is 6.04. The van der Waals surface area contributed by atoms with Gasteiger partial charge in [-0.15, -0.1) is 0 Å². The number of phenolic OH excluding ortho intramolecular Hbond substituents is 1. The molecular formula is C29H25F2N3O5. The zero-order valence-electron chi connectivity index (χ0n) is 21.4. The Balaban J connectivity index is 1.86. The summed E-state index contributed by atoms with van der Waals surface area (Å²) in [4.78, 5) is 15.6. The molecular weight excluding hydrogens is 508 g/mol. The molecule has 5 rings (SSSR count). The first kappa shape index (κ1) is 25.9. The van der Waals surface area contributed by atoms with E-state index >= 15 is 0 Å². The van der Waals surface area contributed by atoms with Crippen LogP contribution in [0.2, 0.25) is 0 Å². The second-order valence-corrected chi connectivity index (χ2v) is 9.81. The largest absolute Gasteiger partial charge is 0.507 e. The second kappa shape index (κ2) is 9.86. The number of aromatic nitrogens is 3. The van der Waals surface area contributed by atoms with Crippen molar-refractivity contribution in [2.75, 3.05) is 7.11 Å². The molecule has 0 saturated carbocycles. The summed E-state index contributed by atoms with van der Waals surface area (Å²) in [5, 5.41) is 24.7. The minimum absolute atomic E-state index is 0.00195. The van der Waals surface area contributed by atoms with Crippen LogP contribution in [0.3, 0.4) is 0 Å². The number of carboxylic acids is 1. The maximum atomic E-state index is 14.8. The van der Waals surface area contributed by atoms with E-state index in [1.165, 1.54) is 43.8 Å². The standard InChI is InChI=1S/C29H25F2N3O5/c1-29(2,11-10-24-32-15-39-33-24)27-25(16-4-6-17(7-5-16)28(36)37)26-21(12-18(30)13-22(26)35)34(27)19-8-9-20(31)23(14-19)38-3/h4-9,12-15,35H,10-11H2,1-3H3,(H,36,37). The number of aromatic hydroxyl groups is 1. The number of hydrogen-bond donors (Lipinski definition) is 2. The number of hydrogen-bond acceptors (Lipinski definition) is 6. The van der Waals surface area contributed by atoms with Gasteiger partial charge in [0.2, 0.25) is 6.39 Å². The van der Waals surface area contributed by atoms with E-state index in [9.17, 15) is 23.8 Å². The summed E-state index contributed by atoms with van der Waals surface area (Å²) < 4.78 is 41.0. The fourth-order valence-corrected chi connectivity index (χ4v) is 4.96. The van der Waals surface area contributed by atoms with Gasteiger partial charge in [0, 0.05) is 40.9 Å². The fraction of sp³-hybridized carbons (Fsp3) is 0.207. The van der Waals surface area contributed by atoms with Crippen molar-refractivity contribution in [1.29, 1.82) is 0 Å². The Kier molecular flexibility index (Phi) is 6.55. The number of rotatable bonds is 8. The molecule has 0 aliphatic rings. The van der Waals surface area contributed by atoms with Gasteiger partial charge in [0.1, 0.15) is 11.6 Å². The summed E-state index contributed by atoms with van der Waals surface area (Å²) in [6.45, 7) is 3.97. The van der Waals surface area contributed by atoms with Crippen molar-refractivity contribution in [2.24, 2.45) is 0 Å². The zero-order valence-corrected chi connectivity index (χ0v) is 21.4. The SMILES string of the molecule is COc1cc(-n2c(C(C)(C)CCc3ncon3)c(-c3ccc(C(=O)O)cc3)c3c(O)cc(F)cc32)ccc1F. The van der Waals surface area contributed by atoms with Gasteiger partial charge in [-0.05, 0) is 42.3 Å². The van der Waals surface area contributed by atoms with E-state index in [2.05, 4.69) is 10.1 Å². The minimum Gasteiger partial charge on any atom is -0.507 e. The third-order valence-corrected chi connectivity index (χ3v) is 6.85. The number of carboxylic acid groups (broad SMARTS) is 1. The molecule has 0 amide bonds. The molecule has 0 unspecified atom stereocenters. The molecule has 0 atom stereocenters. The van der Waals surface area contributed by atoms with Crippen molar-refractivity contribution in [3.05, 3.63) is 89.7 Å². The maximum absolute atomic E-state index is 14.8. The molecule has 0 aliphatic heterocycles. The van der Waals surface area contributed by atoms with E-state index in [0.29, 0.717) is 52.1 Å². The van der Waals surface area contributed by atoms with Gasteiger partial charge in [-0.2, -0.15) is 4.98 Å². The first-order valence-electron chi connectivity index (χ1n) is 12.1. The van der Waals surface area contributed by atoms with Crippen molar-refractivity contribution in [1.82, 2.24) is 14.7 Å². The minimum atomic E-state index is -1.08. The average Bonchev–Trinajstić information content (AvgIpc) is 3.55. The Hall–Kier alpha value is -4.73. The number of carbonyl (C=O) groups is 1. The first-order valence-corrected chi connectivity index (χ1v) is 12.1. The van der Waals surface area contributed by atoms with Gasteiger partial charge >= 0.3 is 5.97 Å². The van der Waals surface area contributed by atoms with Gasteiger partial charge in [0.05, 0.1) is 23.6 Å². The van der Waals surface area contributed by atoms with Crippen LogP contribution >= 0.6 is 0 Å². The molecule has 2 heterocycles. The van der Waals surface area contributed by atoms with Crippen LogP contribution in [0.5, 0.6) is 11.5 Å². The Labute approximate surface area is 222 Å². The second-order valence-electron chi connectivity index (χ2n) is 9.81. The number of methoxy groups -OCH3 is 1. The summed E-state index contributed by atoms with van der Waals surface area (Å²) in [6, 6.07) is 12.9. The summed E-state index contributed by atoms with van der Waals surface area (Å²) in [6.07, 6.45) is 2.22. The number of phenols is 1. The van der Waals surface area contributed by atoms with Gasteiger partial charge in [-0.3, -0.25) is 0 Å². The lowest BCUT2D eigenvalue weighted by Gasteiger charge is -2.29. The molecule has 0 bridgehead atoms. The van der Waals surface area contributed by atoms with Gasteiger partial charge in [-0.25, -0.2) is 13.6 Å². The normalized spacial score (nSPS) is 11.7. The highest BCUT2D eigenvalue weighted by Crippen LogP contribution is 2.47. The average molecular weight is 534 g/mol. The molecule has 2 N–H and O–H groups in total. The Bertz CT molecular complexity index is 1680. The lowest BCUT2D eigenvalue weighted by molar-refractivity contribution is 0.0697. The maximum Gasteiger partial charge on any atom is 0.335 e. The molecule has 8 nitrogen and oxygen atoms in total. The summed E-state index contributed by atoms with van der Waals surface area (Å²) in [5.41, 5.74) is 2.14. The molecule has 10 heteroatoms. The number of benzene rings is 3. The number of nitrogens with zero attached hydrogens (tertiary/aromatic N) is 3. The molecule has 0 fully saturated rings. The summed E-state index contributed by atoms with van der Waals surface area (Å²) in [5.74, 6) is -2.07. The fourth-order valence-electron chi connectivity index (χ4n) is 4.96. The molecule has 0 saturated heterocycles. The molecule has 0 spiro atoms. The molecule has 2 aromatic heterocycles. The van der Waals surface area contributed by atoms with Crippen LogP contribution in [-0.4, -0.2) is 38.0 Å². The molecule has 5 aromatic rings. The number of halogens is 2. The molecule has 0 radical (unpaired) electrons. The number of aromatic carboxylic acids is 1. The van der Waals surface area contributed by atoms with Crippen LogP contribution in [0.25, 0.3) is 27.7 Å². The van der Waals surface area contributed by atoms with Gasteiger partial charge < -0.3 is 24.0 Å². The molecule has 200 valence electrons. The molecule has 0 aliphatic carbocycles. The van der Waals surface area contributed by atoms with E-state index in [4.69, 9.17) is 9.26 Å². The first-order chi connectivity index (χ1) is 18.6. The summed E-state index contributed by atoms with van der Waals surface area (Å²) >= 11 is 0. The third-order valence-electron chi connectivity index (χ3n) is 6.85. The lowest BCUT2D eigenvalue weighted by Crippen LogP contribution is -2.23. The quantitative estimate of drug-likeness (QED) is 0.241. The summed E-state index contributed by atoms with van der Waals surface area (Å²) in [7, 11) is 1.35. The van der Waals surface area contributed by atoms with Gasteiger partial charge in [0.15, 0.2) is 17.4 Å².